The van der Waals surface area contributed by atoms with E-state index < -0.39 is 23.9 Å². The molecule has 2 aromatic heterocycles. The van der Waals surface area contributed by atoms with Crippen LogP contribution in [0.4, 0.5) is 0 Å². The molecule has 0 aliphatic rings. The molecular weight excluding hydrogens is 317 g/mol. The Balaban J connectivity index is 2.30. The molecule has 0 bridgehead atoms. The molecule has 0 aliphatic heterocycles. The van der Waals surface area contributed by atoms with E-state index in [2.05, 4.69) is 15.2 Å². The van der Waals surface area contributed by atoms with Crippen molar-refractivity contribution in [1.82, 2.24) is 19.6 Å². The van der Waals surface area contributed by atoms with E-state index in [1.165, 1.54) is 22.9 Å². The van der Waals surface area contributed by atoms with Crippen molar-refractivity contribution >= 4 is 24.3 Å². The monoisotopic (exact) mass is 325 g/mol. The van der Waals surface area contributed by atoms with Gasteiger partial charge in [-0.1, -0.05) is 0 Å². The van der Waals surface area contributed by atoms with Gasteiger partial charge in [0.25, 0.3) is 5.56 Å². The number of nitrogens with zero attached hydrogens (tertiary/aromatic N) is 4. The van der Waals surface area contributed by atoms with Crippen molar-refractivity contribution in [2.45, 2.75) is 5.78 Å². The highest BCUT2D eigenvalue weighted by Gasteiger charge is 2.41. The fourth-order valence-corrected chi connectivity index (χ4v) is 3.00. The molecule has 11 nitrogen and oxygen atoms in total. The summed E-state index contributed by atoms with van der Waals surface area (Å²) in [6.45, 7) is 0. The van der Waals surface area contributed by atoms with Crippen LogP contribution < -0.4 is 5.56 Å². The summed E-state index contributed by atoms with van der Waals surface area (Å²) in [5, 5.41) is 18.2. The molecule has 0 radical (unpaired) electrons. The smallest absolute Gasteiger partial charge is 0.319 e. The van der Waals surface area contributed by atoms with Gasteiger partial charge in [0, 0.05) is 10.5 Å². The molecule has 3 aromatic rings. The molecule has 3 N–H and O–H groups in total. The third-order valence-corrected chi connectivity index (χ3v) is 4.22. The Kier molecular flexibility index (Phi) is 3.06. The number of rotatable bonds is 3. The lowest BCUT2D eigenvalue weighted by atomic mass is 10.2. The molecule has 0 saturated carbocycles. The standard InChI is InChI=1S/C10H8N5O6P/c16-9-8-13-11-4-14(8)7-2-1-5(3-6(7)12-9)10(15(17)18)22(19,20)21/h1-4,10H,(H,12,16)(H2,19,20,21). The molecular formula is C10H8N5O6P. The van der Waals surface area contributed by atoms with Crippen molar-refractivity contribution in [3.05, 3.63) is 50.6 Å². The molecule has 0 fully saturated rings. The highest BCUT2D eigenvalue weighted by Crippen LogP contribution is 2.52. The summed E-state index contributed by atoms with van der Waals surface area (Å²) in [4.78, 5) is 42.4. The zero-order chi connectivity index (χ0) is 16.1. The van der Waals surface area contributed by atoms with Gasteiger partial charge in [-0.3, -0.25) is 23.9 Å². The van der Waals surface area contributed by atoms with Crippen molar-refractivity contribution in [1.29, 1.82) is 0 Å². The van der Waals surface area contributed by atoms with Crippen molar-refractivity contribution < 1.29 is 19.3 Å². The van der Waals surface area contributed by atoms with Crippen LogP contribution in [-0.2, 0) is 4.57 Å². The van der Waals surface area contributed by atoms with Gasteiger partial charge < -0.3 is 14.8 Å². The molecule has 0 amide bonds. The lowest BCUT2D eigenvalue weighted by molar-refractivity contribution is -0.506. The first-order valence-corrected chi connectivity index (χ1v) is 7.51. The topological polar surface area (TPSA) is 164 Å². The average Bonchev–Trinajstić information content (AvgIpc) is 2.86. The van der Waals surface area contributed by atoms with Crippen molar-refractivity contribution in [2.24, 2.45) is 0 Å². The first kappa shape index (κ1) is 14.3. The van der Waals surface area contributed by atoms with E-state index in [0.29, 0.717) is 5.52 Å². The van der Waals surface area contributed by atoms with E-state index in [9.17, 15) is 19.5 Å². The molecule has 0 aliphatic carbocycles. The average molecular weight is 325 g/mol. The zero-order valence-electron chi connectivity index (χ0n) is 10.7. The van der Waals surface area contributed by atoms with Gasteiger partial charge in [-0.25, -0.2) is 0 Å². The Morgan fingerprint density at radius 2 is 2.14 bits per heavy atom. The van der Waals surface area contributed by atoms with E-state index in [-0.39, 0.29) is 16.7 Å². The summed E-state index contributed by atoms with van der Waals surface area (Å²) in [5.41, 5.74) is -0.128. The second-order valence-electron chi connectivity index (χ2n) is 4.50. The highest BCUT2D eigenvalue weighted by molar-refractivity contribution is 7.51. The Hall–Kier alpha value is -2.62. The minimum atomic E-state index is -5.00. The number of nitro groups is 1. The van der Waals surface area contributed by atoms with E-state index >= 15 is 0 Å². The van der Waals surface area contributed by atoms with Gasteiger partial charge in [0.15, 0.2) is 0 Å². The minimum absolute atomic E-state index is 0.0427. The third-order valence-electron chi connectivity index (χ3n) is 3.10. The molecule has 1 atom stereocenters. The second-order valence-corrected chi connectivity index (χ2v) is 6.17. The number of hydrogen-bond acceptors (Lipinski definition) is 6. The van der Waals surface area contributed by atoms with Crippen LogP contribution in [0, 0.1) is 10.1 Å². The van der Waals surface area contributed by atoms with Crippen LogP contribution in [0.1, 0.15) is 11.3 Å². The normalized spacial score (nSPS) is 13.5. The Labute approximate surface area is 120 Å². The fraction of sp³-hybridized carbons (Fsp3) is 0.100. The highest BCUT2D eigenvalue weighted by atomic mass is 31.2. The van der Waals surface area contributed by atoms with Crippen LogP contribution in [0.25, 0.3) is 16.7 Å². The summed E-state index contributed by atoms with van der Waals surface area (Å²) >= 11 is 0. The third kappa shape index (κ3) is 2.17. The van der Waals surface area contributed by atoms with Crippen LogP contribution in [-0.4, -0.2) is 34.3 Å². The lowest BCUT2D eigenvalue weighted by Crippen LogP contribution is -2.13. The van der Waals surface area contributed by atoms with Crippen LogP contribution in [0.15, 0.2) is 29.3 Å². The van der Waals surface area contributed by atoms with E-state index in [1.807, 2.05) is 0 Å². The Morgan fingerprint density at radius 3 is 2.77 bits per heavy atom. The summed E-state index contributed by atoms with van der Waals surface area (Å²) in [7, 11) is -5.00. The van der Waals surface area contributed by atoms with Crippen LogP contribution in [0.2, 0.25) is 0 Å². The number of aromatic nitrogens is 4. The molecule has 0 spiro atoms. The molecule has 12 heteroatoms. The SMILES string of the molecule is O=c1[nH]c2cc(C([N+](=O)[O-])P(=O)(O)O)ccc2n2cnnc12. The zero-order valence-corrected chi connectivity index (χ0v) is 11.5. The predicted octanol–water partition coefficient (Wildman–Crippen LogP) is 0.0238. The summed E-state index contributed by atoms with van der Waals surface area (Å²) in [6, 6.07) is 3.76. The van der Waals surface area contributed by atoms with Gasteiger partial charge in [-0.05, 0) is 18.2 Å². The van der Waals surface area contributed by atoms with Crippen molar-refractivity contribution in [3.63, 3.8) is 0 Å². The largest absolute Gasteiger partial charge is 0.403 e. The number of H-pyrrole nitrogens is 1. The quantitative estimate of drug-likeness (QED) is 0.344. The Bertz CT molecular complexity index is 1000. The maximum Gasteiger partial charge on any atom is 0.403 e. The van der Waals surface area contributed by atoms with E-state index in [4.69, 9.17) is 9.79 Å². The maximum atomic E-state index is 11.8. The maximum absolute atomic E-state index is 11.8. The van der Waals surface area contributed by atoms with Gasteiger partial charge in [0.05, 0.1) is 11.0 Å². The molecule has 22 heavy (non-hydrogen) atoms. The predicted molar refractivity (Wildman–Crippen MR) is 72.9 cm³/mol. The molecule has 1 aromatic carbocycles. The van der Waals surface area contributed by atoms with Gasteiger partial charge in [0.1, 0.15) is 6.33 Å². The first-order chi connectivity index (χ1) is 10.3. The van der Waals surface area contributed by atoms with Crippen LogP contribution in [0.5, 0.6) is 0 Å². The van der Waals surface area contributed by atoms with Gasteiger partial charge >= 0.3 is 13.4 Å². The minimum Gasteiger partial charge on any atom is -0.319 e. The molecule has 1 unspecified atom stereocenters. The van der Waals surface area contributed by atoms with E-state index in [0.717, 1.165) is 6.07 Å². The van der Waals surface area contributed by atoms with Crippen LogP contribution >= 0.6 is 7.60 Å². The number of fused-ring (bicyclic) bond motifs is 3. The number of aromatic amines is 1. The fourth-order valence-electron chi connectivity index (χ4n) is 2.21. The summed E-state index contributed by atoms with van der Waals surface area (Å²) < 4.78 is 12.7. The van der Waals surface area contributed by atoms with Gasteiger partial charge in [-0.15, -0.1) is 10.2 Å². The van der Waals surface area contributed by atoms with Crippen molar-refractivity contribution in [3.8, 4) is 0 Å². The van der Waals surface area contributed by atoms with Gasteiger partial charge in [-0.2, -0.15) is 0 Å². The lowest BCUT2D eigenvalue weighted by Gasteiger charge is -2.12. The van der Waals surface area contributed by atoms with Crippen LogP contribution in [0.3, 0.4) is 0 Å². The Morgan fingerprint density at radius 1 is 1.41 bits per heavy atom. The molecule has 0 saturated heterocycles. The van der Waals surface area contributed by atoms with E-state index in [1.54, 1.807) is 0 Å². The van der Waals surface area contributed by atoms with Gasteiger partial charge in [0.2, 0.25) is 5.65 Å². The number of nitrogens with one attached hydrogen (secondary N) is 1. The molecule has 3 rings (SSSR count). The summed E-state index contributed by atoms with van der Waals surface area (Å²) in [6.07, 6.45) is 1.29. The first-order valence-electron chi connectivity index (χ1n) is 5.83. The summed E-state index contributed by atoms with van der Waals surface area (Å²) in [5.74, 6) is -2.20. The molecule has 114 valence electrons. The number of hydrogen-bond donors (Lipinski definition) is 3. The number of benzene rings is 1. The molecule has 2 heterocycles. The van der Waals surface area contributed by atoms with Crippen molar-refractivity contribution in [2.75, 3.05) is 0 Å². The second kappa shape index (κ2) is 4.70.